The summed E-state index contributed by atoms with van der Waals surface area (Å²) in [5.74, 6) is 2.75. The average molecular weight is 212 g/mol. The zero-order valence-corrected chi connectivity index (χ0v) is 10.6. The van der Waals surface area contributed by atoms with Gasteiger partial charge in [0.25, 0.3) is 0 Å². The molecule has 1 aliphatic rings. The third-order valence-electron chi connectivity index (χ3n) is 3.53. The molecule has 1 aliphatic carbocycles. The molecule has 1 saturated carbocycles. The van der Waals surface area contributed by atoms with E-state index in [9.17, 15) is 0 Å². The highest BCUT2D eigenvalue weighted by atomic mass is 14.9. The average Bonchev–Trinajstić information content (AvgIpc) is 2.81. The SMILES string of the molecule is CC(N)CCCC(C)CNCC1CC1C. The van der Waals surface area contributed by atoms with E-state index in [4.69, 9.17) is 5.73 Å². The lowest BCUT2D eigenvalue weighted by Crippen LogP contribution is -2.24. The van der Waals surface area contributed by atoms with Crippen LogP contribution in [0.25, 0.3) is 0 Å². The Labute approximate surface area is 95.0 Å². The highest BCUT2D eigenvalue weighted by Crippen LogP contribution is 2.36. The number of nitrogens with one attached hydrogen (secondary N) is 1. The van der Waals surface area contributed by atoms with Gasteiger partial charge in [0.1, 0.15) is 0 Å². The summed E-state index contributed by atoms with van der Waals surface area (Å²) in [6.45, 7) is 9.20. The van der Waals surface area contributed by atoms with Gasteiger partial charge >= 0.3 is 0 Å². The molecule has 0 aromatic heterocycles. The van der Waals surface area contributed by atoms with Crippen molar-refractivity contribution in [2.45, 2.75) is 52.5 Å². The van der Waals surface area contributed by atoms with E-state index in [1.165, 1.54) is 38.8 Å². The number of rotatable bonds is 8. The molecule has 1 rings (SSSR count). The third kappa shape index (κ3) is 6.16. The Balaban J connectivity index is 1.87. The van der Waals surface area contributed by atoms with E-state index < -0.39 is 0 Å². The minimum atomic E-state index is 0.373. The minimum Gasteiger partial charge on any atom is -0.328 e. The lowest BCUT2D eigenvalue weighted by molar-refractivity contribution is 0.441. The highest BCUT2D eigenvalue weighted by molar-refractivity contribution is 4.84. The Bertz CT molecular complexity index is 168. The molecule has 0 bridgehead atoms. The van der Waals surface area contributed by atoms with Gasteiger partial charge in [-0.05, 0) is 57.0 Å². The fourth-order valence-corrected chi connectivity index (χ4v) is 2.09. The molecule has 0 saturated heterocycles. The summed E-state index contributed by atoms with van der Waals surface area (Å²) in [5, 5.41) is 3.58. The van der Waals surface area contributed by atoms with Crippen molar-refractivity contribution in [2.24, 2.45) is 23.5 Å². The van der Waals surface area contributed by atoms with Gasteiger partial charge in [-0.3, -0.25) is 0 Å². The van der Waals surface area contributed by atoms with Gasteiger partial charge < -0.3 is 11.1 Å². The van der Waals surface area contributed by atoms with Crippen molar-refractivity contribution in [2.75, 3.05) is 13.1 Å². The van der Waals surface area contributed by atoms with Crippen LogP contribution in [-0.4, -0.2) is 19.1 Å². The van der Waals surface area contributed by atoms with Crippen molar-refractivity contribution in [1.82, 2.24) is 5.32 Å². The molecule has 4 atom stereocenters. The summed E-state index contributed by atoms with van der Waals surface area (Å²) in [6.07, 6.45) is 5.20. The van der Waals surface area contributed by atoms with Gasteiger partial charge in [0.2, 0.25) is 0 Å². The van der Waals surface area contributed by atoms with E-state index in [1.807, 2.05) is 0 Å². The number of hydrogen-bond acceptors (Lipinski definition) is 2. The van der Waals surface area contributed by atoms with E-state index in [0.29, 0.717) is 6.04 Å². The van der Waals surface area contributed by atoms with E-state index in [0.717, 1.165) is 17.8 Å². The first-order valence-corrected chi connectivity index (χ1v) is 6.56. The standard InChI is InChI=1S/C13H28N2/c1-10(5-4-6-12(3)14)8-15-9-13-7-11(13)2/h10-13,15H,4-9,14H2,1-3H3. The number of hydrogen-bond donors (Lipinski definition) is 2. The van der Waals surface area contributed by atoms with Gasteiger partial charge in [0.15, 0.2) is 0 Å². The fourth-order valence-electron chi connectivity index (χ4n) is 2.09. The van der Waals surface area contributed by atoms with Gasteiger partial charge in [-0.15, -0.1) is 0 Å². The Morgan fingerprint density at radius 2 is 2.00 bits per heavy atom. The molecule has 0 heterocycles. The lowest BCUT2D eigenvalue weighted by Gasteiger charge is -2.13. The van der Waals surface area contributed by atoms with Crippen molar-refractivity contribution in [3.63, 3.8) is 0 Å². The van der Waals surface area contributed by atoms with E-state index in [1.54, 1.807) is 0 Å². The minimum absolute atomic E-state index is 0.373. The second-order valence-corrected chi connectivity index (χ2v) is 5.64. The Morgan fingerprint density at radius 1 is 1.33 bits per heavy atom. The van der Waals surface area contributed by atoms with Gasteiger partial charge in [-0.1, -0.05) is 20.3 Å². The van der Waals surface area contributed by atoms with Crippen LogP contribution in [0.2, 0.25) is 0 Å². The largest absolute Gasteiger partial charge is 0.328 e. The summed E-state index contributed by atoms with van der Waals surface area (Å²) in [6, 6.07) is 0.373. The molecule has 15 heavy (non-hydrogen) atoms. The van der Waals surface area contributed by atoms with Crippen molar-refractivity contribution in [3.8, 4) is 0 Å². The fraction of sp³-hybridized carbons (Fsp3) is 1.00. The van der Waals surface area contributed by atoms with Crippen molar-refractivity contribution >= 4 is 0 Å². The topological polar surface area (TPSA) is 38.0 Å². The van der Waals surface area contributed by atoms with Crippen LogP contribution in [-0.2, 0) is 0 Å². The van der Waals surface area contributed by atoms with Crippen LogP contribution in [0.3, 0.4) is 0 Å². The summed E-state index contributed by atoms with van der Waals surface area (Å²) in [7, 11) is 0. The summed E-state index contributed by atoms with van der Waals surface area (Å²) >= 11 is 0. The monoisotopic (exact) mass is 212 g/mol. The first-order chi connectivity index (χ1) is 7.09. The smallest absolute Gasteiger partial charge is 0.00104 e. The highest BCUT2D eigenvalue weighted by Gasteiger charge is 2.31. The first kappa shape index (κ1) is 13.0. The van der Waals surface area contributed by atoms with E-state index in [-0.39, 0.29) is 0 Å². The number of nitrogens with two attached hydrogens (primary N) is 1. The molecule has 0 aromatic rings. The first-order valence-electron chi connectivity index (χ1n) is 6.56. The van der Waals surface area contributed by atoms with Gasteiger partial charge in [-0.2, -0.15) is 0 Å². The molecular weight excluding hydrogens is 184 g/mol. The molecule has 2 nitrogen and oxygen atoms in total. The maximum absolute atomic E-state index is 5.73. The molecule has 0 spiro atoms. The maximum Gasteiger partial charge on any atom is 0.00104 e. The van der Waals surface area contributed by atoms with E-state index >= 15 is 0 Å². The van der Waals surface area contributed by atoms with Crippen LogP contribution in [0.15, 0.2) is 0 Å². The summed E-state index contributed by atoms with van der Waals surface area (Å²) in [5.41, 5.74) is 5.73. The zero-order chi connectivity index (χ0) is 11.3. The van der Waals surface area contributed by atoms with Gasteiger partial charge in [0.05, 0.1) is 0 Å². The van der Waals surface area contributed by atoms with E-state index in [2.05, 4.69) is 26.1 Å². The maximum atomic E-state index is 5.73. The lowest BCUT2D eigenvalue weighted by atomic mass is 10.0. The summed E-state index contributed by atoms with van der Waals surface area (Å²) in [4.78, 5) is 0. The molecule has 2 heteroatoms. The van der Waals surface area contributed by atoms with Crippen LogP contribution >= 0.6 is 0 Å². The third-order valence-corrected chi connectivity index (χ3v) is 3.53. The van der Waals surface area contributed by atoms with Crippen LogP contribution in [0, 0.1) is 17.8 Å². The normalized spacial score (nSPS) is 28.8. The zero-order valence-electron chi connectivity index (χ0n) is 10.6. The molecule has 0 aromatic carbocycles. The second kappa shape index (κ2) is 6.49. The predicted octanol–water partition coefficient (Wildman–Crippen LogP) is 2.39. The van der Waals surface area contributed by atoms with Crippen LogP contribution in [0.1, 0.15) is 46.5 Å². The van der Waals surface area contributed by atoms with Gasteiger partial charge in [0, 0.05) is 6.04 Å². The molecule has 4 unspecified atom stereocenters. The van der Waals surface area contributed by atoms with Crippen molar-refractivity contribution < 1.29 is 0 Å². The molecule has 0 radical (unpaired) electrons. The summed E-state index contributed by atoms with van der Waals surface area (Å²) < 4.78 is 0. The quantitative estimate of drug-likeness (QED) is 0.648. The second-order valence-electron chi connectivity index (χ2n) is 5.64. The van der Waals surface area contributed by atoms with Crippen molar-refractivity contribution in [1.29, 1.82) is 0 Å². The molecule has 0 amide bonds. The Hall–Kier alpha value is -0.0800. The predicted molar refractivity (Wildman–Crippen MR) is 66.8 cm³/mol. The van der Waals surface area contributed by atoms with Gasteiger partial charge in [-0.25, -0.2) is 0 Å². The molecule has 90 valence electrons. The Morgan fingerprint density at radius 3 is 2.53 bits per heavy atom. The van der Waals surface area contributed by atoms with Crippen LogP contribution in [0.4, 0.5) is 0 Å². The van der Waals surface area contributed by atoms with Crippen LogP contribution < -0.4 is 11.1 Å². The molecule has 3 N–H and O–H groups in total. The molecule has 1 fully saturated rings. The van der Waals surface area contributed by atoms with Crippen molar-refractivity contribution in [3.05, 3.63) is 0 Å². The molecule has 0 aliphatic heterocycles. The Kier molecular flexibility index (Phi) is 5.62. The van der Waals surface area contributed by atoms with Crippen LogP contribution in [0.5, 0.6) is 0 Å². The molecular formula is C13H28N2.